The number of rotatable bonds is 7. The third-order valence-electron chi connectivity index (χ3n) is 3.94. The van der Waals surface area contributed by atoms with Gasteiger partial charge in [0.05, 0.1) is 13.7 Å². The molecule has 0 atom stereocenters. The smallest absolute Gasteiger partial charge is 0.270 e. The van der Waals surface area contributed by atoms with Gasteiger partial charge in [0, 0.05) is 12.6 Å². The first-order valence-electron chi connectivity index (χ1n) is 8.62. The molecule has 0 spiro atoms. The Morgan fingerprint density at radius 1 is 1.00 bits per heavy atom. The molecule has 0 unspecified atom stereocenters. The van der Waals surface area contributed by atoms with Gasteiger partial charge in [-0.15, -0.1) is 0 Å². The zero-order chi connectivity index (χ0) is 19.9. The highest BCUT2D eigenvalue weighted by Crippen LogP contribution is 2.12. The lowest BCUT2D eigenvalue weighted by atomic mass is 10.2. The second-order valence-corrected chi connectivity index (χ2v) is 6.02. The molecule has 0 fully saturated rings. The highest BCUT2D eigenvalue weighted by molar-refractivity contribution is 5.97. The number of carbonyl (C=O) groups is 2. The van der Waals surface area contributed by atoms with Gasteiger partial charge >= 0.3 is 0 Å². The quantitative estimate of drug-likeness (QED) is 0.651. The molecule has 2 N–H and O–H groups in total. The summed E-state index contributed by atoms with van der Waals surface area (Å²) >= 11 is 0. The summed E-state index contributed by atoms with van der Waals surface area (Å²) in [5.41, 5.74) is 1.09. The van der Waals surface area contributed by atoms with E-state index in [-0.39, 0.29) is 17.9 Å². The van der Waals surface area contributed by atoms with E-state index in [1.807, 2.05) is 37.3 Å². The standard InChI is InChI=1S/C20H20N4O4/c1-13-6-7-16(28-13)11-22-20(26)18-9-17(23-12-24-18)19(25)21-10-14-4-3-5-15(8-14)27-2/h3-9,12H,10-11H2,1-2H3,(H,21,25)(H,22,26). The summed E-state index contributed by atoms with van der Waals surface area (Å²) in [4.78, 5) is 32.5. The highest BCUT2D eigenvalue weighted by atomic mass is 16.5. The fourth-order valence-electron chi connectivity index (χ4n) is 2.50. The average Bonchev–Trinajstić information content (AvgIpc) is 3.15. The predicted octanol–water partition coefficient (Wildman–Crippen LogP) is 2.25. The molecular weight excluding hydrogens is 360 g/mol. The molecule has 8 nitrogen and oxygen atoms in total. The number of aromatic nitrogens is 2. The minimum atomic E-state index is -0.418. The van der Waals surface area contributed by atoms with E-state index in [2.05, 4.69) is 20.6 Å². The van der Waals surface area contributed by atoms with Gasteiger partial charge in [-0.1, -0.05) is 12.1 Å². The van der Waals surface area contributed by atoms with Crippen LogP contribution in [0.4, 0.5) is 0 Å². The van der Waals surface area contributed by atoms with Crippen molar-refractivity contribution in [3.05, 3.63) is 77.3 Å². The van der Waals surface area contributed by atoms with Crippen LogP contribution in [-0.4, -0.2) is 28.9 Å². The number of nitrogens with one attached hydrogen (secondary N) is 2. The van der Waals surface area contributed by atoms with Gasteiger partial charge < -0.3 is 19.8 Å². The van der Waals surface area contributed by atoms with Crippen LogP contribution in [0.15, 0.2) is 53.2 Å². The third kappa shape index (κ3) is 4.94. The van der Waals surface area contributed by atoms with Crippen LogP contribution in [0.2, 0.25) is 0 Å². The Hall–Kier alpha value is -3.68. The Balaban J connectivity index is 1.59. The Bertz CT molecular complexity index is 984. The van der Waals surface area contributed by atoms with E-state index in [1.54, 1.807) is 13.2 Å². The topological polar surface area (TPSA) is 106 Å². The molecule has 0 radical (unpaired) electrons. The molecule has 3 aromatic rings. The fraction of sp³-hybridized carbons (Fsp3) is 0.200. The molecule has 0 saturated carbocycles. The fourth-order valence-corrected chi connectivity index (χ4v) is 2.50. The summed E-state index contributed by atoms with van der Waals surface area (Å²) in [6.07, 6.45) is 1.19. The third-order valence-corrected chi connectivity index (χ3v) is 3.94. The van der Waals surface area contributed by atoms with Crippen molar-refractivity contribution in [3.8, 4) is 5.75 Å². The second-order valence-electron chi connectivity index (χ2n) is 6.02. The number of amides is 2. The molecule has 28 heavy (non-hydrogen) atoms. The molecule has 2 amide bonds. The van der Waals surface area contributed by atoms with Crippen LogP contribution in [0.5, 0.6) is 5.75 Å². The van der Waals surface area contributed by atoms with Gasteiger partial charge in [0.15, 0.2) is 0 Å². The first-order chi connectivity index (χ1) is 13.5. The molecule has 144 valence electrons. The molecule has 3 rings (SSSR count). The van der Waals surface area contributed by atoms with Crippen LogP contribution in [0.3, 0.4) is 0 Å². The monoisotopic (exact) mass is 380 g/mol. The maximum Gasteiger partial charge on any atom is 0.270 e. The lowest BCUT2D eigenvalue weighted by Gasteiger charge is -2.07. The number of carbonyl (C=O) groups excluding carboxylic acids is 2. The van der Waals surface area contributed by atoms with Crippen LogP contribution < -0.4 is 15.4 Å². The van der Waals surface area contributed by atoms with E-state index in [9.17, 15) is 9.59 Å². The van der Waals surface area contributed by atoms with Crippen molar-refractivity contribution >= 4 is 11.8 Å². The number of hydrogen-bond donors (Lipinski definition) is 2. The van der Waals surface area contributed by atoms with Crippen LogP contribution in [0, 0.1) is 6.92 Å². The van der Waals surface area contributed by atoms with Crippen molar-refractivity contribution in [2.24, 2.45) is 0 Å². The minimum absolute atomic E-state index is 0.102. The second kappa shape index (κ2) is 8.81. The number of aryl methyl sites for hydroxylation is 1. The number of furan rings is 1. The summed E-state index contributed by atoms with van der Waals surface area (Å²) < 4.78 is 10.6. The molecule has 0 aliphatic rings. The van der Waals surface area contributed by atoms with E-state index in [0.717, 1.165) is 11.3 Å². The first kappa shape index (κ1) is 19.1. The summed E-state index contributed by atoms with van der Waals surface area (Å²) in [6.45, 7) is 2.36. The molecule has 2 aromatic heterocycles. The summed E-state index contributed by atoms with van der Waals surface area (Å²) in [7, 11) is 1.58. The minimum Gasteiger partial charge on any atom is -0.497 e. The number of benzene rings is 1. The zero-order valence-electron chi connectivity index (χ0n) is 15.6. The Kier molecular flexibility index (Phi) is 6.01. The number of nitrogens with zero attached hydrogens (tertiary/aromatic N) is 2. The van der Waals surface area contributed by atoms with E-state index >= 15 is 0 Å². The molecule has 0 saturated heterocycles. The van der Waals surface area contributed by atoms with Crippen molar-refractivity contribution in [1.29, 1.82) is 0 Å². The van der Waals surface area contributed by atoms with Crippen molar-refractivity contribution in [2.45, 2.75) is 20.0 Å². The van der Waals surface area contributed by atoms with Gasteiger partial charge in [-0.05, 0) is 36.8 Å². The average molecular weight is 380 g/mol. The molecule has 0 aliphatic carbocycles. The van der Waals surface area contributed by atoms with Crippen molar-refractivity contribution in [3.63, 3.8) is 0 Å². The van der Waals surface area contributed by atoms with Crippen LogP contribution in [0.25, 0.3) is 0 Å². The van der Waals surface area contributed by atoms with E-state index in [4.69, 9.17) is 9.15 Å². The number of ether oxygens (including phenoxy) is 1. The van der Waals surface area contributed by atoms with E-state index < -0.39 is 11.8 Å². The molecule has 8 heteroatoms. The molecule has 2 heterocycles. The van der Waals surface area contributed by atoms with Gasteiger partial charge in [-0.3, -0.25) is 9.59 Å². The van der Waals surface area contributed by atoms with Gasteiger partial charge in [0.2, 0.25) is 0 Å². The van der Waals surface area contributed by atoms with Gasteiger partial charge in [-0.25, -0.2) is 9.97 Å². The maximum atomic E-state index is 12.4. The van der Waals surface area contributed by atoms with Gasteiger partial charge in [0.1, 0.15) is 35.0 Å². The van der Waals surface area contributed by atoms with E-state index in [0.29, 0.717) is 18.1 Å². The highest BCUT2D eigenvalue weighted by Gasteiger charge is 2.13. The molecule has 1 aromatic carbocycles. The van der Waals surface area contributed by atoms with Crippen molar-refractivity contribution in [1.82, 2.24) is 20.6 Å². The van der Waals surface area contributed by atoms with Crippen LogP contribution in [-0.2, 0) is 13.1 Å². The van der Waals surface area contributed by atoms with Crippen molar-refractivity contribution in [2.75, 3.05) is 7.11 Å². The first-order valence-corrected chi connectivity index (χ1v) is 8.62. The zero-order valence-corrected chi connectivity index (χ0v) is 15.6. The lowest BCUT2D eigenvalue weighted by molar-refractivity contribution is 0.0942. The normalized spacial score (nSPS) is 10.4. The SMILES string of the molecule is COc1cccc(CNC(=O)c2cc(C(=O)NCc3ccc(C)o3)ncn2)c1. The van der Waals surface area contributed by atoms with Crippen LogP contribution in [0.1, 0.15) is 38.1 Å². The van der Waals surface area contributed by atoms with Crippen LogP contribution >= 0.6 is 0 Å². The Labute approximate surface area is 162 Å². The summed E-state index contributed by atoms with van der Waals surface area (Å²) in [6, 6.07) is 12.3. The number of methoxy groups -OCH3 is 1. The number of hydrogen-bond acceptors (Lipinski definition) is 6. The largest absolute Gasteiger partial charge is 0.497 e. The Morgan fingerprint density at radius 3 is 2.36 bits per heavy atom. The maximum absolute atomic E-state index is 12.4. The van der Waals surface area contributed by atoms with E-state index in [1.165, 1.54) is 12.4 Å². The predicted molar refractivity (Wildman–Crippen MR) is 101 cm³/mol. The molecule has 0 bridgehead atoms. The summed E-state index contributed by atoms with van der Waals surface area (Å²) in [5, 5.41) is 5.46. The lowest BCUT2D eigenvalue weighted by Crippen LogP contribution is -2.27. The Morgan fingerprint density at radius 2 is 1.71 bits per heavy atom. The van der Waals surface area contributed by atoms with Gasteiger partial charge in [-0.2, -0.15) is 0 Å². The molecular formula is C20H20N4O4. The molecule has 0 aliphatic heterocycles. The van der Waals surface area contributed by atoms with Crippen molar-refractivity contribution < 1.29 is 18.7 Å². The summed E-state index contributed by atoms with van der Waals surface area (Å²) in [5.74, 6) is 1.29. The van der Waals surface area contributed by atoms with Gasteiger partial charge in [0.25, 0.3) is 11.8 Å².